The molecule has 0 aliphatic heterocycles. The van der Waals surface area contributed by atoms with Crippen LogP contribution in [0.15, 0.2) is 5.38 Å². The Morgan fingerprint density at radius 2 is 2.62 bits per heavy atom. The van der Waals surface area contributed by atoms with E-state index in [0.717, 1.165) is 0 Å². The Morgan fingerprint density at radius 1 is 1.85 bits per heavy atom. The summed E-state index contributed by atoms with van der Waals surface area (Å²) in [4.78, 5) is 15.3. The zero-order chi connectivity index (χ0) is 9.68. The standard InChI is InChI=1S/C8H9N3OS/c1-3-4-10-7(12)6-5-13-8(9-2)11-6/h1,5H,4H2,2H3,(H,9,11)(H,10,12). The molecule has 1 rings (SSSR count). The minimum Gasteiger partial charge on any atom is -0.365 e. The largest absolute Gasteiger partial charge is 0.365 e. The van der Waals surface area contributed by atoms with E-state index in [4.69, 9.17) is 6.42 Å². The van der Waals surface area contributed by atoms with Gasteiger partial charge in [0.2, 0.25) is 0 Å². The summed E-state index contributed by atoms with van der Waals surface area (Å²) < 4.78 is 0. The number of anilines is 1. The van der Waals surface area contributed by atoms with Crippen molar-refractivity contribution in [3.63, 3.8) is 0 Å². The molecule has 0 aromatic carbocycles. The molecule has 1 aromatic rings. The Morgan fingerprint density at radius 3 is 3.15 bits per heavy atom. The van der Waals surface area contributed by atoms with Crippen molar-refractivity contribution in [1.82, 2.24) is 10.3 Å². The average molecular weight is 195 g/mol. The summed E-state index contributed by atoms with van der Waals surface area (Å²) in [5, 5.41) is 7.76. The Balaban J connectivity index is 2.62. The first-order valence-electron chi connectivity index (χ1n) is 3.63. The molecule has 0 aliphatic rings. The van der Waals surface area contributed by atoms with Crippen molar-refractivity contribution < 1.29 is 4.79 Å². The average Bonchev–Trinajstić information content (AvgIpc) is 2.62. The number of nitrogens with zero attached hydrogens (tertiary/aromatic N) is 1. The van der Waals surface area contributed by atoms with Crippen LogP contribution in [-0.4, -0.2) is 24.5 Å². The second-order valence-electron chi connectivity index (χ2n) is 2.17. The quantitative estimate of drug-likeness (QED) is 0.692. The van der Waals surface area contributed by atoms with Crippen molar-refractivity contribution in [2.24, 2.45) is 0 Å². The van der Waals surface area contributed by atoms with Gasteiger partial charge in [0, 0.05) is 12.4 Å². The van der Waals surface area contributed by atoms with Crippen LogP contribution in [-0.2, 0) is 0 Å². The van der Waals surface area contributed by atoms with Gasteiger partial charge in [-0.15, -0.1) is 17.8 Å². The van der Waals surface area contributed by atoms with E-state index in [1.165, 1.54) is 11.3 Å². The lowest BCUT2D eigenvalue weighted by Gasteiger charge is -1.95. The zero-order valence-electron chi connectivity index (χ0n) is 7.13. The van der Waals surface area contributed by atoms with Crippen LogP contribution in [0, 0.1) is 12.3 Å². The van der Waals surface area contributed by atoms with E-state index in [-0.39, 0.29) is 12.5 Å². The molecule has 68 valence electrons. The number of thiazole rings is 1. The van der Waals surface area contributed by atoms with E-state index < -0.39 is 0 Å². The molecule has 0 saturated heterocycles. The van der Waals surface area contributed by atoms with Crippen molar-refractivity contribution >= 4 is 22.4 Å². The summed E-state index contributed by atoms with van der Waals surface area (Å²) in [6.07, 6.45) is 4.99. The number of amides is 1. The first-order valence-corrected chi connectivity index (χ1v) is 4.51. The van der Waals surface area contributed by atoms with E-state index in [0.29, 0.717) is 10.8 Å². The molecule has 0 saturated carbocycles. The summed E-state index contributed by atoms with van der Waals surface area (Å²) in [7, 11) is 1.75. The maximum Gasteiger partial charge on any atom is 0.271 e. The van der Waals surface area contributed by atoms with Gasteiger partial charge >= 0.3 is 0 Å². The van der Waals surface area contributed by atoms with Gasteiger partial charge in [0.1, 0.15) is 5.69 Å². The van der Waals surface area contributed by atoms with Gasteiger partial charge < -0.3 is 10.6 Å². The second-order valence-corrected chi connectivity index (χ2v) is 3.03. The van der Waals surface area contributed by atoms with Crippen molar-refractivity contribution in [2.45, 2.75) is 0 Å². The van der Waals surface area contributed by atoms with Crippen LogP contribution < -0.4 is 10.6 Å². The molecule has 4 nitrogen and oxygen atoms in total. The molecule has 0 spiro atoms. The van der Waals surface area contributed by atoms with Crippen LogP contribution in [0.1, 0.15) is 10.5 Å². The van der Waals surface area contributed by atoms with Crippen LogP contribution in [0.2, 0.25) is 0 Å². The van der Waals surface area contributed by atoms with Crippen LogP contribution in [0.4, 0.5) is 5.13 Å². The molecule has 5 heteroatoms. The van der Waals surface area contributed by atoms with E-state index in [9.17, 15) is 4.79 Å². The number of hydrogen-bond donors (Lipinski definition) is 2. The van der Waals surface area contributed by atoms with E-state index >= 15 is 0 Å². The molecule has 1 amide bonds. The Bertz CT molecular complexity index is 339. The number of rotatable bonds is 3. The lowest BCUT2D eigenvalue weighted by atomic mass is 10.4. The Labute approximate surface area is 80.4 Å². The third-order valence-electron chi connectivity index (χ3n) is 1.30. The normalized spacial score (nSPS) is 8.92. The fourth-order valence-corrected chi connectivity index (χ4v) is 1.37. The molecule has 13 heavy (non-hydrogen) atoms. The number of carbonyl (C=O) groups is 1. The van der Waals surface area contributed by atoms with E-state index in [1.807, 2.05) is 0 Å². The smallest absolute Gasteiger partial charge is 0.271 e. The molecule has 0 atom stereocenters. The number of carbonyl (C=O) groups excluding carboxylic acids is 1. The van der Waals surface area contributed by atoms with Crippen molar-refractivity contribution in [3.8, 4) is 12.3 Å². The van der Waals surface area contributed by atoms with Gasteiger partial charge in [-0.1, -0.05) is 5.92 Å². The number of nitrogens with one attached hydrogen (secondary N) is 2. The Kier molecular flexibility index (Phi) is 3.29. The maximum atomic E-state index is 11.2. The number of hydrogen-bond acceptors (Lipinski definition) is 4. The summed E-state index contributed by atoms with van der Waals surface area (Å²) in [6.45, 7) is 0.227. The highest BCUT2D eigenvalue weighted by Gasteiger charge is 2.08. The van der Waals surface area contributed by atoms with Gasteiger partial charge in [0.25, 0.3) is 5.91 Å². The van der Waals surface area contributed by atoms with E-state index in [2.05, 4.69) is 21.5 Å². The second kappa shape index (κ2) is 4.48. The van der Waals surface area contributed by atoms with Gasteiger partial charge in [0.05, 0.1) is 6.54 Å². The van der Waals surface area contributed by atoms with E-state index in [1.54, 1.807) is 12.4 Å². The third kappa shape index (κ3) is 2.46. The van der Waals surface area contributed by atoms with Crippen molar-refractivity contribution in [3.05, 3.63) is 11.1 Å². The summed E-state index contributed by atoms with van der Waals surface area (Å²) in [5.74, 6) is 2.08. The van der Waals surface area contributed by atoms with Crippen LogP contribution in [0.25, 0.3) is 0 Å². The molecular weight excluding hydrogens is 186 g/mol. The fraction of sp³-hybridized carbons (Fsp3) is 0.250. The summed E-state index contributed by atoms with van der Waals surface area (Å²) >= 11 is 1.38. The van der Waals surface area contributed by atoms with Gasteiger partial charge in [0.15, 0.2) is 5.13 Å². The number of terminal acetylenes is 1. The molecule has 2 N–H and O–H groups in total. The van der Waals surface area contributed by atoms with Crippen molar-refractivity contribution in [1.29, 1.82) is 0 Å². The van der Waals surface area contributed by atoms with Crippen LogP contribution in [0.5, 0.6) is 0 Å². The zero-order valence-corrected chi connectivity index (χ0v) is 7.94. The molecule has 0 unspecified atom stereocenters. The minimum atomic E-state index is -0.240. The van der Waals surface area contributed by atoms with Gasteiger partial charge in [-0.3, -0.25) is 4.79 Å². The summed E-state index contributed by atoms with van der Waals surface area (Å²) in [5.41, 5.74) is 0.393. The third-order valence-corrected chi connectivity index (χ3v) is 2.16. The molecule has 1 aromatic heterocycles. The fourth-order valence-electron chi connectivity index (χ4n) is 0.715. The highest BCUT2D eigenvalue weighted by Crippen LogP contribution is 2.13. The predicted molar refractivity (Wildman–Crippen MR) is 52.8 cm³/mol. The summed E-state index contributed by atoms with van der Waals surface area (Å²) in [6, 6.07) is 0. The topological polar surface area (TPSA) is 54.0 Å². The lowest BCUT2D eigenvalue weighted by molar-refractivity contribution is 0.0954. The minimum absolute atomic E-state index is 0.227. The van der Waals surface area contributed by atoms with Gasteiger partial charge in [-0.05, 0) is 0 Å². The van der Waals surface area contributed by atoms with Crippen molar-refractivity contribution in [2.75, 3.05) is 18.9 Å². The molecule has 0 aliphatic carbocycles. The molecule has 1 heterocycles. The first-order chi connectivity index (χ1) is 6.27. The molecule has 0 bridgehead atoms. The first kappa shape index (κ1) is 9.55. The number of aromatic nitrogens is 1. The highest BCUT2D eigenvalue weighted by atomic mass is 32.1. The molecule has 0 radical (unpaired) electrons. The van der Waals surface area contributed by atoms with Gasteiger partial charge in [-0.2, -0.15) is 0 Å². The van der Waals surface area contributed by atoms with Crippen LogP contribution in [0.3, 0.4) is 0 Å². The lowest BCUT2D eigenvalue weighted by Crippen LogP contribution is -2.23. The monoisotopic (exact) mass is 195 g/mol. The highest BCUT2D eigenvalue weighted by molar-refractivity contribution is 7.13. The molecule has 0 fully saturated rings. The maximum absolute atomic E-state index is 11.2. The Hall–Kier alpha value is -1.54. The SMILES string of the molecule is C#CCNC(=O)c1csc(NC)n1. The molecular formula is C8H9N3OS. The predicted octanol–water partition coefficient (Wildman–Crippen LogP) is 0.548. The van der Waals surface area contributed by atoms with Crippen LogP contribution >= 0.6 is 11.3 Å². The van der Waals surface area contributed by atoms with Gasteiger partial charge in [-0.25, -0.2) is 4.98 Å².